The van der Waals surface area contributed by atoms with E-state index in [4.69, 9.17) is 4.74 Å². The van der Waals surface area contributed by atoms with Crippen LogP contribution in [0.1, 0.15) is 51.8 Å². The van der Waals surface area contributed by atoms with Gasteiger partial charge in [0.2, 0.25) is 0 Å². The molecule has 1 aliphatic heterocycles. The zero-order valence-corrected chi connectivity index (χ0v) is 12.0. The van der Waals surface area contributed by atoms with Gasteiger partial charge in [0.1, 0.15) is 6.23 Å². The third-order valence-electron chi connectivity index (χ3n) is 4.48. The Morgan fingerprint density at radius 3 is 2.58 bits per heavy atom. The summed E-state index contributed by atoms with van der Waals surface area (Å²) in [4.78, 5) is 25.6. The van der Waals surface area contributed by atoms with Crippen LogP contribution in [0.15, 0.2) is 15.8 Å². The lowest BCUT2D eigenvalue weighted by Crippen LogP contribution is -2.35. The molecule has 0 saturated carbocycles. The number of nitrogens with zero attached hydrogens (tertiary/aromatic N) is 1. The first-order chi connectivity index (χ1) is 8.93. The van der Waals surface area contributed by atoms with E-state index in [1.54, 1.807) is 13.1 Å². The van der Waals surface area contributed by atoms with Gasteiger partial charge in [-0.05, 0) is 32.1 Å². The van der Waals surface area contributed by atoms with Gasteiger partial charge in [-0.2, -0.15) is 0 Å². The summed E-state index contributed by atoms with van der Waals surface area (Å²) in [5.74, 6) is 0.395. The van der Waals surface area contributed by atoms with Gasteiger partial charge in [0.15, 0.2) is 0 Å². The summed E-state index contributed by atoms with van der Waals surface area (Å²) >= 11 is 0. The number of H-pyrrole nitrogens is 1. The van der Waals surface area contributed by atoms with E-state index >= 15 is 0 Å². The lowest BCUT2D eigenvalue weighted by atomic mass is 9.84. The first kappa shape index (κ1) is 14.1. The summed E-state index contributed by atoms with van der Waals surface area (Å²) in [5, 5.41) is 0. The summed E-state index contributed by atoms with van der Waals surface area (Å²) < 4.78 is 7.68. The Labute approximate surface area is 112 Å². The number of hydrogen-bond acceptors (Lipinski definition) is 3. The number of rotatable bonds is 3. The molecule has 1 aromatic heterocycles. The molecule has 1 aromatic rings. The van der Waals surface area contributed by atoms with Crippen molar-refractivity contribution in [3.63, 3.8) is 0 Å². The Morgan fingerprint density at radius 1 is 1.42 bits per heavy atom. The molecule has 0 unspecified atom stereocenters. The molecule has 2 rings (SSSR count). The second-order valence-corrected chi connectivity index (χ2v) is 5.46. The molecule has 0 radical (unpaired) electrons. The van der Waals surface area contributed by atoms with E-state index in [1.165, 1.54) is 4.57 Å². The highest BCUT2D eigenvalue weighted by Gasteiger charge is 2.44. The van der Waals surface area contributed by atoms with Crippen LogP contribution in [-0.2, 0) is 4.74 Å². The van der Waals surface area contributed by atoms with Crippen LogP contribution in [0.3, 0.4) is 0 Å². The van der Waals surface area contributed by atoms with E-state index in [2.05, 4.69) is 25.8 Å². The van der Waals surface area contributed by atoms with Crippen molar-refractivity contribution in [2.45, 2.75) is 58.8 Å². The molecule has 2 heterocycles. The van der Waals surface area contributed by atoms with Crippen molar-refractivity contribution >= 4 is 0 Å². The van der Waals surface area contributed by atoms with Crippen molar-refractivity contribution in [2.24, 2.45) is 5.92 Å². The fraction of sp³-hybridized carbons (Fsp3) is 0.714. The largest absolute Gasteiger partial charge is 0.351 e. The quantitative estimate of drug-likeness (QED) is 0.909. The fourth-order valence-corrected chi connectivity index (χ4v) is 3.04. The van der Waals surface area contributed by atoms with Crippen LogP contribution in [-0.4, -0.2) is 15.2 Å². The van der Waals surface area contributed by atoms with Gasteiger partial charge in [0, 0.05) is 11.8 Å². The van der Waals surface area contributed by atoms with Gasteiger partial charge in [0.05, 0.1) is 5.60 Å². The van der Waals surface area contributed by atoms with E-state index in [0.717, 1.165) is 19.3 Å². The second-order valence-electron chi connectivity index (χ2n) is 5.46. The fourth-order valence-electron chi connectivity index (χ4n) is 3.04. The number of aromatic amines is 1. The van der Waals surface area contributed by atoms with Crippen LogP contribution in [0.25, 0.3) is 0 Å². The van der Waals surface area contributed by atoms with E-state index < -0.39 is 5.69 Å². The first-order valence-corrected chi connectivity index (χ1v) is 6.93. The maximum Gasteiger partial charge on any atom is 0.330 e. The second kappa shape index (κ2) is 4.96. The molecule has 0 aliphatic carbocycles. The maximum absolute atomic E-state index is 11.9. The van der Waals surface area contributed by atoms with Gasteiger partial charge < -0.3 is 4.74 Å². The average Bonchev–Trinajstić information content (AvgIpc) is 2.71. The van der Waals surface area contributed by atoms with Crippen molar-refractivity contribution in [3.8, 4) is 0 Å². The van der Waals surface area contributed by atoms with Gasteiger partial charge in [0.25, 0.3) is 5.56 Å². The van der Waals surface area contributed by atoms with Crippen molar-refractivity contribution in [1.29, 1.82) is 0 Å². The molecule has 0 bridgehead atoms. The lowest BCUT2D eigenvalue weighted by molar-refractivity contribution is -0.0890. The minimum atomic E-state index is -0.393. The summed E-state index contributed by atoms with van der Waals surface area (Å²) in [5.41, 5.74) is -0.351. The van der Waals surface area contributed by atoms with Crippen LogP contribution in [0.4, 0.5) is 0 Å². The SMILES string of the molecule is CCC1(CC)O[C@@H](n2cc(C)c(=O)[nH]c2=O)C[C@@H]1C. The van der Waals surface area contributed by atoms with Crippen molar-refractivity contribution in [1.82, 2.24) is 9.55 Å². The first-order valence-electron chi connectivity index (χ1n) is 6.93. The Bertz CT molecular complexity index is 569. The Hall–Kier alpha value is -1.36. The summed E-state index contributed by atoms with van der Waals surface area (Å²) in [6.07, 6.45) is 3.97. The highest BCUT2D eigenvalue weighted by atomic mass is 16.5. The van der Waals surface area contributed by atoms with Crippen molar-refractivity contribution in [2.75, 3.05) is 0 Å². The molecule has 19 heavy (non-hydrogen) atoms. The zero-order valence-electron chi connectivity index (χ0n) is 12.0. The standard InChI is InChI=1S/C14H22N2O3/c1-5-14(6-2)10(4)7-11(19-14)16-8-9(3)12(17)15-13(16)18/h8,10-11H,5-7H2,1-4H3,(H,15,17,18)/t10-,11+/m0/s1. The third kappa shape index (κ3) is 2.27. The number of nitrogens with one attached hydrogen (secondary N) is 1. The minimum absolute atomic E-state index is 0.159. The minimum Gasteiger partial charge on any atom is -0.351 e. The molecule has 106 valence electrons. The Morgan fingerprint density at radius 2 is 2.05 bits per heavy atom. The van der Waals surface area contributed by atoms with Gasteiger partial charge in [-0.15, -0.1) is 0 Å². The predicted molar refractivity (Wildman–Crippen MR) is 73.3 cm³/mol. The topological polar surface area (TPSA) is 64.1 Å². The third-order valence-corrected chi connectivity index (χ3v) is 4.48. The summed E-state index contributed by atoms with van der Waals surface area (Å²) in [6.45, 7) is 8.09. The summed E-state index contributed by atoms with van der Waals surface area (Å²) in [6, 6.07) is 0. The number of hydrogen-bond donors (Lipinski definition) is 1. The molecule has 1 saturated heterocycles. The predicted octanol–water partition coefficient (Wildman–Crippen LogP) is 1.96. The maximum atomic E-state index is 11.9. The number of aromatic nitrogens is 2. The van der Waals surface area contributed by atoms with E-state index in [9.17, 15) is 9.59 Å². The number of ether oxygens (including phenoxy) is 1. The van der Waals surface area contributed by atoms with Crippen LogP contribution < -0.4 is 11.2 Å². The van der Waals surface area contributed by atoms with Crippen LogP contribution in [0, 0.1) is 12.8 Å². The van der Waals surface area contributed by atoms with E-state index in [0.29, 0.717) is 11.5 Å². The molecular weight excluding hydrogens is 244 g/mol. The van der Waals surface area contributed by atoms with Crippen LogP contribution in [0.2, 0.25) is 0 Å². The number of aryl methyl sites for hydroxylation is 1. The molecular formula is C14H22N2O3. The molecule has 0 amide bonds. The zero-order chi connectivity index (χ0) is 14.2. The smallest absolute Gasteiger partial charge is 0.330 e. The average molecular weight is 266 g/mol. The van der Waals surface area contributed by atoms with Gasteiger partial charge in [-0.1, -0.05) is 20.8 Å². The summed E-state index contributed by atoms with van der Waals surface area (Å²) in [7, 11) is 0. The van der Waals surface area contributed by atoms with E-state index in [-0.39, 0.29) is 17.4 Å². The van der Waals surface area contributed by atoms with Crippen LogP contribution >= 0.6 is 0 Å². The van der Waals surface area contributed by atoms with Crippen molar-refractivity contribution in [3.05, 3.63) is 32.6 Å². The van der Waals surface area contributed by atoms with Gasteiger partial charge in [-0.3, -0.25) is 14.3 Å². The molecule has 2 atom stereocenters. The monoisotopic (exact) mass is 266 g/mol. The molecule has 1 aliphatic rings. The molecule has 0 aromatic carbocycles. The lowest BCUT2D eigenvalue weighted by Gasteiger charge is -2.30. The highest BCUT2D eigenvalue weighted by Crippen LogP contribution is 2.44. The highest BCUT2D eigenvalue weighted by molar-refractivity contribution is 5.02. The molecule has 1 fully saturated rings. The van der Waals surface area contributed by atoms with Gasteiger partial charge >= 0.3 is 5.69 Å². The Kier molecular flexibility index (Phi) is 3.67. The Balaban J connectivity index is 2.38. The molecule has 0 spiro atoms. The molecule has 5 nitrogen and oxygen atoms in total. The van der Waals surface area contributed by atoms with Crippen molar-refractivity contribution < 1.29 is 4.74 Å². The normalized spacial score (nSPS) is 25.7. The van der Waals surface area contributed by atoms with Crippen LogP contribution in [0.5, 0.6) is 0 Å². The van der Waals surface area contributed by atoms with Gasteiger partial charge in [-0.25, -0.2) is 4.79 Å². The molecule has 1 N–H and O–H groups in total. The molecule has 5 heteroatoms. The van der Waals surface area contributed by atoms with E-state index in [1.807, 2.05) is 0 Å².